The smallest absolute Gasteiger partial charge is 0.123 e. The number of aromatic hydroxyl groups is 2. The molecule has 0 fully saturated rings. The van der Waals surface area contributed by atoms with Crippen LogP contribution >= 0.6 is 12.6 Å². The fourth-order valence-electron chi connectivity index (χ4n) is 2.20. The number of hydrogen-bond acceptors (Lipinski definition) is 3. The average Bonchev–Trinajstić information content (AvgIpc) is 2.66. The Balaban J connectivity index is 0.000000145. The molecule has 4 rings (SSSR count). The maximum absolute atomic E-state index is 9.37. The molecule has 0 aliphatic rings. The van der Waals surface area contributed by atoms with Crippen molar-refractivity contribution in [2.75, 3.05) is 0 Å². The molecular weight excluding hydrogens is 340 g/mol. The van der Waals surface area contributed by atoms with Gasteiger partial charge in [-0.25, -0.2) is 0 Å². The second-order valence-electron chi connectivity index (χ2n) is 5.62. The van der Waals surface area contributed by atoms with Crippen LogP contribution in [-0.4, -0.2) is 10.2 Å². The molecule has 0 aromatic heterocycles. The summed E-state index contributed by atoms with van der Waals surface area (Å²) in [5, 5.41) is 20.0. The number of hydrogen-bond donors (Lipinski definition) is 3. The number of thiol groups is 1. The zero-order chi connectivity index (χ0) is 18.8. The quantitative estimate of drug-likeness (QED) is 0.325. The van der Waals surface area contributed by atoms with Gasteiger partial charge in [0.2, 0.25) is 0 Å². The first-order chi connectivity index (χ1) is 12.6. The fraction of sp³-hybridized carbons (Fsp3) is 0.0435. The molecular formula is C23H22O2S. The number of benzene rings is 4. The van der Waals surface area contributed by atoms with Gasteiger partial charge in [0, 0.05) is 10.3 Å². The molecule has 0 saturated heterocycles. The molecule has 0 unspecified atom stereocenters. The maximum atomic E-state index is 9.37. The van der Waals surface area contributed by atoms with E-state index in [2.05, 4.69) is 12.6 Å². The first-order valence-corrected chi connectivity index (χ1v) is 8.68. The monoisotopic (exact) mass is 362 g/mol. The summed E-state index contributed by atoms with van der Waals surface area (Å²) in [4.78, 5) is 1.06. The largest absolute Gasteiger partial charge is 0.508 e. The summed E-state index contributed by atoms with van der Waals surface area (Å²) in [6.45, 7) is 2.04. The van der Waals surface area contributed by atoms with Crippen LogP contribution in [0.5, 0.6) is 11.5 Å². The Bertz CT molecular complexity index is 910. The number of para-hydroxylation sites is 1. The van der Waals surface area contributed by atoms with E-state index in [1.807, 2.05) is 73.7 Å². The van der Waals surface area contributed by atoms with Crippen molar-refractivity contribution in [2.45, 2.75) is 11.8 Å². The molecule has 0 amide bonds. The third-order valence-electron chi connectivity index (χ3n) is 3.64. The summed E-state index contributed by atoms with van der Waals surface area (Å²) in [6, 6.07) is 30.0. The van der Waals surface area contributed by atoms with Gasteiger partial charge in [-0.3, -0.25) is 0 Å². The summed E-state index contributed by atoms with van der Waals surface area (Å²) in [7, 11) is 0. The van der Waals surface area contributed by atoms with Gasteiger partial charge in [-0.05, 0) is 42.1 Å². The molecule has 2 nitrogen and oxygen atoms in total. The van der Waals surface area contributed by atoms with Gasteiger partial charge in [0.05, 0.1) is 0 Å². The molecule has 132 valence electrons. The third kappa shape index (κ3) is 6.19. The molecule has 4 aromatic carbocycles. The van der Waals surface area contributed by atoms with Crippen LogP contribution in [0.4, 0.5) is 0 Å². The van der Waals surface area contributed by atoms with E-state index in [0.717, 1.165) is 15.7 Å². The van der Waals surface area contributed by atoms with Gasteiger partial charge in [0.15, 0.2) is 0 Å². The summed E-state index contributed by atoms with van der Waals surface area (Å²) in [5.74, 6) is 0.672. The van der Waals surface area contributed by atoms with Gasteiger partial charge >= 0.3 is 0 Å². The number of aryl methyl sites for hydroxylation is 1. The van der Waals surface area contributed by atoms with E-state index in [4.69, 9.17) is 5.11 Å². The van der Waals surface area contributed by atoms with E-state index in [1.165, 1.54) is 5.56 Å². The highest BCUT2D eigenvalue weighted by atomic mass is 32.1. The first kappa shape index (κ1) is 19.4. The van der Waals surface area contributed by atoms with E-state index in [-0.39, 0.29) is 0 Å². The van der Waals surface area contributed by atoms with Crippen molar-refractivity contribution in [3.05, 3.63) is 103 Å². The van der Waals surface area contributed by atoms with Crippen LogP contribution in [0.25, 0.3) is 10.8 Å². The molecule has 0 aliphatic carbocycles. The Morgan fingerprint density at radius 2 is 1.19 bits per heavy atom. The maximum Gasteiger partial charge on any atom is 0.123 e. The van der Waals surface area contributed by atoms with Gasteiger partial charge in [0.25, 0.3) is 0 Å². The fourth-order valence-corrected chi connectivity index (χ4v) is 2.36. The normalized spacial score (nSPS) is 9.46. The van der Waals surface area contributed by atoms with E-state index in [0.29, 0.717) is 11.5 Å². The predicted molar refractivity (Wildman–Crippen MR) is 112 cm³/mol. The zero-order valence-electron chi connectivity index (χ0n) is 14.6. The Labute approximate surface area is 159 Å². The average molecular weight is 362 g/mol. The molecule has 0 heterocycles. The Morgan fingerprint density at radius 1 is 0.615 bits per heavy atom. The highest BCUT2D eigenvalue weighted by molar-refractivity contribution is 7.80. The second kappa shape index (κ2) is 10.2. The van der Waals surface area contributed by atoms with Crippen molar-refractivity contribution in [1.82, 2.24) is 0 Å². The topological polar surface area (TPSA) is 40.5 Å². The first-order valence-electron chi connectivity index (χ1n) is 8.23. The second-order valence-corrected chi connectivity index (χ2v) is 6.10. The van der Waals surface area contributed by atoms with Crippen LogP contribution in [0.3, 0.4) is 0 Å². The van der Waals surface area contributed by atoms with E-state index < -0.39 is 0 Å². The lowest BCUT2D eigenvalue weighted by molar-refractivity contribution is 0.475. The van der Waals surface area contributed by atoms with Gasteiger partial charge in [-0.2, -0.15) is 0 Å². The number of rotatable bonds is 0. The number of fused-ring (bicyclic) bond motifs is 1. The van der Waals surface area contributed by atoms with Crippen molar-refractivity contribution in [2.24, 2.45) is 0 Å². The molecule has 0 radical (unpaired) electrons. The van der Waals surface area contributed by atoms with Crippen LogP contribution in [-0.2, 0) is 0 Å². The van der Waals surface area contributed by atoms with Crippen LogP contribution in [0.2, 0.25) is 0 Å². The van der Waals surface area contributed by atoms with E-state index in [9.17, 15) is 5.11 Å². The van der Waals surface area contributed by atoms with Gasteiger partial charge in [0.1, 0.15) is 11.5 Å². The summed E-state index contributed by atoms with van der Waals surface area (Å²) in [6.07, 6.45) is 0. The molecule has 0 saturated carbocycles. The summed E-state index contributed by atoms with van der Waals surface area (Å²) in [5.41, 5.74) is 1.23. The Hall–Kier alpha value is -2.91. The van der Waals surface area contributed by atoms with Crippen molar-refractivity contribution in [3.8, 4) is 11.5 Å². The van der Waals surface area contributed by atoms with E-state index in [1.54, 1.807) is 30.3 Å². The molecule has 4 aromatic rings. The van der Waals surface area contributed by atoms with Crippen LogP contribution in [0.15, 0.2) is 102 Å². The number of phenols is 2. The molecule has 2 N–H and O–H groups in total. The van der Waals surface area contributed by atoms with E-state index >= 15 is 0 Å². The standard InChI is InChI=1S/C10H8O.C7H8S.C6H6O/c11-10-7-3-5-8-4-1-2-6-9(8)10;1-6-4-2-3-5-7(6)8;7-6-4-2-1-3-5-6/h1-7,11H;2-5,8H,1H3;1-5,7H. The lowest BCUT2D eigenvalue weighted by Crippen LogP contribution is -1.70. The van der Waals surface area contributed by atoms with Crippen LogP contribution < -0.4 is 0 Å². The molecule has 0 bridgehead atoms. The molecule has 0 spiro atoms. The highest BCUT2D eigenvalue weighted by Crippen LogP contribution is 2.22. The lowest BCUT2D eigenvalue weighted by atomic mass is 10.1. The van der Waals surface area contributed by atoms with Crippen molar-refractivity contribution in [3.63, 3.8) is 0 Å². The molecule has 26 heavy (non-hydrogen) atoms. The zero-order valence-corrected chi connectivity index (χ0v) is 15.5. The van der Waals surface area contributed by atoms with Crippen LogP contribution in [0, 0.1) is 6.92 Å². The summed E-state index contributed by atoms with van der Waals surface area (Å²) >= 11 is 4.20. The third-order valence-corrected chi connectivity index (χ3v) is 4.14. The molecule has 3 heteroatoms. The van der Waals surface area contributed by atoms with Crippen molar-refractivity contribution in [1.29, 1.82) is 0 Å². The van der Waals surface area contributed by atoms with Gasteiger partial charge in [-0.1, -0.05) is 72.8 Å². The van der Waals surface area contributed by atoms with Gasteiger partial charge < -0.3 is 10.2 Å². The number of phenolic OH excluding ortho intramolecular Hbond substituents is 2. The highest BCUT2D eigenvalue weighted by Gasteiger charge is 1.94. The van der Waals surface area contributed by atoms with Gasteiger partial charge in [-0.15, -0.1) is 12.6 Å². The van der Waals surface area contributed by atoms with Crippen molar-refractivity contribution < 1.29 is 10.2 Å². The SMILES string of the molecule is Cc1ccccc1S.Oc1cccc2ccccc12.Oc1ccccc1. The minimum atomic E-state index is 0.322. The molecule has 0 atom stereocenters. The lowest BCUT2D eigenvalue weighted by Gasteiger charge is -1.97. The minimum Gasteiger partial charge on any atom is -0.508 e. The molecule has 0 aliphatic heterocycles. The summed E-state index contributed by atoms with van der Waals surface area (Å²) < 4.78 is 0. The predicted octanol–water partition coefficient (Wildman–Crippen LogP) is 6.22. The van der Waals surface area contributed by atoms with Crippen molar-refractivity contribution >= 4 is 23.4 Å². The Kier molecular flexibility index (Phi) is 7.59. The minimum absolute atomic E-state index is 0.322. The van der Waals surface area contributed by atoms with Crippen LogP contribution in [0.1, 0.15) is 5.56 Å². The Morgan fingerprint density at radius 3 is 1.73 bits per heavy atom.